The molecule has 1 aliphatic heterocycles. The molecule has 0 radical (unpaired) electrons. The summed E-state index contributed by atoms with van der Waals surface area (Å²) in [5, 5.41) is 12.1. The Kier molecular flexibility index (Phi) is 5.14. The number of H-pyrrole nitrogens is 1. The van der Waals surface area contributed by atoms with Crippen LogP contribution in [-0.4, -0.2) is 41.7 Å². The number of anilines is 1. The van der Waals surface area contributed by atoms with Crippen LogP contribution in [0.25, 0.3) is 11.1 Å². The third-order valence-corrected chi connectivity index (χ3v) is 3.97. The summed E-state index contributed by atoms with van der Waals surface area (Å²) in [6, 6.07) is 5.50. The van der Waals surface area contributed by atoms with Gasteiger partial charge in [-0.1, -0.05) is 11.8 Å². The van der Waals surface area contributed by atoms with E-state index in [0.29, 0.717) is 24.7 Å². The Morgan fingerprint density at radius 1 is 1.39 bits per heavy atom. The van der Waals surface area contributed by atoms with Crippen LogP contribution in [0.1, 0.15) is 6.42 Å². The lowest BCUT2D eigenvalue weighted by molar-refractivity contribution is 0.172. The van der Waals surface area contributed by atoms with Gasteiger partial charge >= 0.3 is 0 Å². The molecule has 122 valence electrons. The summed E-state index contributed by atoms with van der Waals surface area (Å²) in [4.78, 5) is 0. The van der Waals surface area contributed by atoms with E-state index in [0.717, 1.165) is 29.3 Å². The SMILES string of the molecule is COCCCOc1cc(N2N=CSC2F)ccc1-c1cn[nH]c1. The monoisotopic (exact) mass is 336 g/mol. The number of benzene rings is 1. The van der Waals surface area contributed by atoms with Crippen LogP contribution in [-0.2, 0) is 4.74 Å². The Morgan fingerprint density at radius 2 is 2.30 bits per heavy atom. The maximum atomic E-state index is 13.8. The minimum absolute atomic E-state index is 0.513. The van der Waals surface area contributed by atoms with E-state index in [2.05, 4.69) is 15.3 Å². The van der Waals surface area contributed by atoms with Crippen LogP contribution >= 0.6 is 11.8 Å². The number of ether oxygens (including phenoxy) is 2. The Labute approximate surface area is 137 Å². The van der Waals surface area contributed by atoms with E-state index in [1.807, 2.05) is 12.1 Å². The normalized spacial score (nSPS) is 17.0. The molecule has 2 heterocycles. The molecule has 0 saturated carbocycles. The van der Waals surface area contributed by atoms with Gasteiger partial charge in [-0.15, -0.1) is 0 Å². The van der Waals surface area contributed by atoms with E-state index in [1.165, 1.54) is 10.6 Å². The van der Waals surface area contributed by atoms with Crippen LogP contribution in [0.5, 0.6) is 5.75 Å². The number of alkyl halides is 1. The molecule has 6 nitrogen and oxygen atoms in total. The van der Waals surface area contributed by atoms with Crippen molar-refractivity contribution in [1.82, 2.24) is 10.2 Å². The second-order valence-corrected chi connectivity index (χ2v) is 5.73. The molecule has 1 atom stereocenters. The van der Waals surface area contributed by atoms with Crippen LogP contribution in [0, 0.1) is 0 Å². The minimum Gasteiger partial charge on any atom is -0.493 e. The van der Waals surface area contributed by atoms with Gasteiger partial charge in [-0.05, 0) is 12.1 Å². The van der Waals surface area contributed by atoms with Gasteiger partial charge < -0.3 is 9.47 Å². The summed E-state index contributed by atoms with van der Waals surface area (Å²) < 4.78 is 24.7. The maximum absolute atomic E-state index is 13.8. The molecule has 0 spiro atoms. The van der Waals surface area contributed by atoms with Crippen molar-refractivity contribution in [2.45, 2.75) is 12.0 Å². The predicted octanol–water partition coefficient (Wildman–Crippen LogP) is 3.24. The fourth-order valence-electron chi connectivity index (χ4n) is 2.22. The van der Waals surface area contributed by atoms with Crippen molar-refractivity contribution in [2.75, 3.05) is 25.3 Å². The highest BCUT2D eigenvalue weighted by molar-refractivity contribution is 8.12. The minimum atomic E-state index is -1.21. The largest absolute Gasteiger partial charge is 0.493 e. The molecule has 1 aromatic carbocycles. The van der Waals surface area contributed by atoms with Crippen molar-refractivity contribution in [3.63, 3.8) is 0 Å². The highest BCUT2D eigenvalue weighted by Gasteiger charge is 2.23. The summed E-state index contributed by atoms with van der Waals surface area (Å²) in [5.41, 5.74) is 2.73. The molecule has 3 rings (SSSR count). The number of nitrogens with one attached hydrogen (secondary N) is 1. The van der Waals surface area contributed by atoms with Crippen molar-refractivity contribution >= 4 is 23.0 Å². The maximum Gasteiger partial charge on any atom is 0.244 e. The number of hydrazone groups is 1. The van der Waals surface area contributed by atoms with Gasteiger partial charge in [0.15, 0.2) is 0 Å². The van der Waals surface area contributed by atoms with Crippen molar-refractivity contribution < 1.29 is 13.9 Å². The number of aromatic nitrogens is 2. The van der Waals surface area contributed by atoms with Gasteiger partial charge in [-0.3, -0.25) is 5.10 Å². The lowest BCUT2D eigenvalue weighted by Gasteiger charge is -2.19. The molecule has 0 amide bonds. The number of aromatic amines is 1. The lowest BCUT2D eigenvalue weighted by atomic mass is 10.1. The molecule has 23 heavy (non-hydrogen) atoms. The first-order chi connectivity index (χ1) is 11.3. The van der Waals surface area contributed by atoms with Gasteiger partial charge in [0.05, 0.1) is 24.0 Å². The number of methoxy groups -OCH3 is 1. The average Bonchev–Trinajstić information content (AvgIpc) is 3.23. The first kappa shape index (κ1) is 15.8. The van der Waals surface area contributed by atoms with E-state index in [9.17, 15) is 4.39 Å². The number of hydrogen-bond acceptors (Lipinski definition) is 6. The smallest absolute Gasteiger partial charge is 0.244 e. The van der Waals surface area contributed by atoms with E-state index in [1.54, 1.807) is 25.6 Å². The van der Waals surface area contributed by atoms with E-state index in [4.69, 9.17) is 9.47 Å². The summed E-state index contributed by atoms with van der Waals surface area (Å²) in [5.74, 6) is 0.666. The highest BCUT2D eigenvalue weighted by Crippen LogP contribution is 2.36. The molecule has 8 heteroatoms. The summed E-state index contributed by atoms with van der Waals surface area (Å²) in [7, 11) is 1.65. The van der Waals surface area contributed by atoms with Gasteiger partial charge in [-0.25, -0.2) is 9.40 Å². The quantitative estimate of drug-likeness (QED) is 0.621. The third-order valence-electron chi connectivity index (χ3n) is 3.33. The lowest BCUT2D eigenvalue weighted by Crippen LogP contribution is -2.19. The second-order valence-electron chi connectivity index (χ2n) is 4.86. The Balaban J connectivity index is 1.85. The Bertz CT molecular complexity index is 666. The van der Waals surface area contributed by atoms with Crippen molar-refractivity contribution in [2.24, 2.45) is 5.10 Å². The van der Waals surface area contributed by atoms with Crippen LogP contribution in [0.2, 0.25) is 0 Å². The molecule has 1 N–H and O–H groups in total. The fraction of sp³-hybridized carbons (Fsp3) is 0.333. The zero-order valence-electron chi connectivity index (χ0n) is 12.6. The number of halogens is 1. The van der Waals surface area contributed by atoms with Gasteiger partial charge in [0.25, 0.3) is 0 Å². The van der Waals surface area contributed by atoms with E-state index in [-0.39, 0.29) is 0 Å². The number of rotatable bonds is 7. The Hall–Kier alpha value is -2.06. The van der Waals surface area contributed by atoms with E-state index >= 15 is 0 Å². The third kappa shape index (κ3) is 3.65. The van der Waals surface area contributed by atoms with Crippen LogP contribution in [0.4, 0.5) is 10.1 Å². The van der Waals surface area contributed by atoms with Crippen LogP contribution in [0.3, 0.4) is 0 Å². The molecule has 0 saturated heterocycles. The van der Waals surface area contributed by atoms with Gasteiger partial charge in [0.2, 0.25) is 5.63 Å². The summed E-state index contributed by atoms with van der Waals surface area (Å²) >= 11 is 1.03. The van der Waals surface area contributed by atoms with Crippen molar-refractivity contribution in [3.05, 3.63) is 30.6 Å². The molecular formula is C15H17FN4O2S. The van der Waals surface area contributed by atoms with Crippen molar-refractivity contribution in [1.29, 1.82) is 0 Å². The summed E-state index contributed by atoms with van der Waals surface area (Å²) in [6.45, 7) is 1.14. The first-order valence-corrected chi connectivity index (χ1v) is 8.10. The molecule has 1 aromatic heterocycles. The first-order valence-electron chi connectivity index (χ1n) is 7.16. The fourth-order valence-corrected chi connectivity index (χ4v) is 2.77. The molecule has 0 aliphatic carbocycles. The molecule has 1 unspecified atom stereocenters. The average molecular weight is 336 g/mol. The molecular weight excluding hydrogens is 319 g/mol. The second kappa shape index (κ2) is 7.47. The van der Waals surface area contributed by atoms with Gasteiger partial charge in [0.1, 0.15) is 5.75 Å². The Morgan fingerprint density at radius 3 is 3.00 bits per heavy atom. The zero-order valence-corrected chi connectivity index (χ0v) is 13.4. The number of hydrogen-bond donors (Lipinski definition) is 1. The molecule has 0 fully saturated rings. The topological polar surface area (TPSA) is 62.7 Å². The predicted molar refractivity (Wildman–Crippen MR) is 89.5 cm³/mol. The zero-order chi connectivity index (χ0) is 16.1. The molecule has 0 bridgehead atoms. The van der Waals surface area contributed by atoms with Crippen molar-refractivity contribution in [3.8, 4) is 16.9 Å². The highest BCUT2D eigenvalue weighted by atomic mass is 32.2. The van der Waals surface area contributed by atoms with Gasteiger partial charge in [0, 0.05) is 43.5 Å². The standard InChI is InChI=1S/C15H17FN4O2S/c1-21-5-2-6-22-14-7-12(20-15(16)23-10-19-20)3-4-13(14)11-8-17-18-9-11/h3-4,7-10,15H,2,5-6H2,1H3,(H,17,18). The summed E-state index contributed by atoms with van der Waals surface area (Å²) in [6.07, 6.45) is 4.28. The van der Waals surface area contributed by atoms with Gasteiger partial charge in [-0.2, -0.15) is 10.2 Å². The van der Waals surface area contributed by atoms with Crippen LogP contribution < -0.4 is 9.75 Å². The molecule has 2 aromatic rings. The number of nitrogens with zero attached hydrogens (tertiary/aromatic N) is 3. The van der Waals surface area contributed by atoms with E-state index < -0.39 is 5.63 Å². The van der Waals surface area contributed by atoms with Crippen LogP contribution in [0.15, 0.2) is 35.7 Å². The number of thioether (sulfide) groups is 1. The molecule has 1 aliphatic rings.